The summed E-state index contributed by atoms with van der Waals surface area (Å²) in [6.45, 7) is 61.1. The van der Waals surface area contributed by atoms with Crippen LogP contribution in [0.4, 0.5) is 13.2 Å². The fourth-order valence-electron chi connectivity index (χ4n) is 25.4. The fraction of sp³-hybridized carbons (Fsp3) is 1.00. The molecule has 0 amide bonds. The van der Waals surface area contributed by atoms with E-state index in [0.29, 0.717) is 59.2 Å². The highest BCUT2D eigenvalue weighted by Crippen LogP contribution is 2.68. The predicted octanol–water partition coefficient (Wildman–Crippen LogP) is 37.4. The Hall–Kier alpha value is -0.370. The van der Waals surface area contributed by atoms with Gasteiger partial charge in [-0.1, -0.05) is 315 Å². The van der Waals surface area contributed by atoms with Crippen LogP contribution in [-0.2, 0) is 4.74 Å². The van der Waals surface area contributed by atoms with E-state index in [1.807, 2.05) is 6.92 Å². The molecule has 0 aromatic rings. The lowest BCUT2D eigenvalue weighted by molar-refractivity contribution is -0.141. The van der Waals surface area contributed by atoms with Crippen LogP contribution < -0.4 is 0 Å². The summed E-state index contributed by atoms with van der Waals surface area (Å²) in [5.74, 6) is 20.4. The lowest BCUT2D eigenvalue weighted by atomic mass is 9.41. The molecule has 0 aromatic carbocycles. The summed E-state index contributed by atoms with van der Waals surface area (Å²) in [6, 6.07) is 0. The molecule has 18 rings (SSSR count). The Morgan fingerprint density at radius 1 is 0.279 bits per heavy atom. The standard InChI is InChI=1S/C13H22.C11H20.C10H20O.C9H17F.C9H18O.C9H18.2C8H15F.2C8H16O.C8H14.C7H14.7CH4/c1-9(2)13-6-10-3-11(7-13)5-12(4-10)8-13;1-9(2)11-6-4-10(3,8-11)5-7-11;1-8(2)9-4-6-10(3,11)7-5-9;2*1-7(2)8-5-3-4-6-9(8)10;1-8(2)9-6-4-3-5-7-9;1-6(2)7-3-4-8(9)5-7;1-6(2)7-4-3-5-8(7)9;1-7(2)8-4-3-5-9-6-8;1-6(2)7-4-3-5-8(7)9;1-6(2)8-3-7(4-8)5-8;1-6(2)7-4-3-5-7;;;;;;;/h9-12H,3-8H2,1-2H3;9H,4-8H2,1-3H3;8-9,11H,4-7H2,1-3H3;7-9H,3-6H2,1-2H3;7-10H,3-6H2,1-2H3;8-9H,3-7H2,1-2H3;2*6-8H,3-5H2,1-2H3;7-8H,3-6H2,1-2H3;6-9H,3-5H2,1-2H3;6-7H,3-5H2,1-2H3;6-7H,3-5H2,1-2H3;7*1H4. The van der Waals surface area contributed by atoms with Crippen LogP contribution >= 0.6 is 0 Å². The molecule has 17 saturated carbocycles. The number of aliphatic hydroxyl groups excluding tert-OH is 2. The number of hydrogen-bond donors (Lipinski definition) is 3. The Kier molecular flexibility index (Phi) is 63.3. The van der Waals surface area contributed by atoms with Crippen LogP contribution in [0.2, 0.25) is 0 Å². The van der Waals surface area contributed by atoms with Gasteiger partial charge in [-0.15, -0.1) is 0 Å². The fourth-order valence-corrected chi connectivity index (χ4v) is 25.4. The van der Waals surface area contributed by atoms with Gasteiger partial charge in [0.2, 0.25) is 0 Å². The number of hydrogen-bond acceptors (Lipinski definition) is 4. The van der Waals surface area contributed by atoms with Gasteiger partial charge in [0.05, 0.1) is 17.8 Å². The lowest BCUT2D eigenvalue weighted by Crippen LogP contribution is -2.54. The van der Waals surface area contributed by atoms with Crippen molar-refractivity contribution in [3.05, 3.63) is 0 Å². The third-order valence-electron chi connectivity index (χ3n) is 35.3. The number of aliphatic hydroxyl groups is 3. The third kappa shape index (κ3) is 41.8. The van der Waals surface area contributed by atoms with Crippen LogP contribution in [0.25, 0.3) is 0 Å². The van der Waals surface area contributed by atoms with Crippen LogP contribution in [-0.4, -0.2) is 64.9 Å². The maximum absolute atomic E-state index is 13.1. The number of halogens is 3. The van der Waals surface area contributed by atoms with E-state index in [9.17, 15) is 28.5 Å². The molecule has 18 fully saturated rings. The number of ether oxygens (including phenoxy) is 1. The molecule has 1 aliphatic heterocycles. The molecule has 11 atom stereocenters. The van der Waals surface area contributed by atoms with E-state index >= 15 is 0 Å². The van der Waals surface area contributed by atoms with Crippen molar-refractivity contribution in [3.63, 3.8) is 0 Å². The molecular weight excluding hydrogens is 1500 g/mol. The molecular formula is C115H233F3O4. The first-order valence-corrected chi connectivity index (χ1v) is 51.5. The van der Waals surface area contributed by atoms with Crippen LogP contribution in [0.3, 0.4) is 0 Å². The molecule has 7 heteroatoms. The molecule has 1 heterocycles. The molecule has 17 aliphatic carbocycles. The number of alkyl halides is 3. The van der Waals surface area contributed by atoms with Crippen LogP contribution in [0.15, 0.2) is 0 Å². The summed E-state index contributed by atoms with van der Waals surface area (Å²) >= 11 is 0. The smallest absolute Gasteiger partial charge is 0.103 e. The SMILES string of the molecule is C.C.C.C.C.C.C.CC(C)C12CC(C1)C2.CC(C)C12CC3CC(CC(C3)C1)C2.CC(C)C12CCC(C)(CC1)C2.CC(C)C1CCC(C)(O)CC1.CC(C)C1CCC(F)C1.CC(C)C1CCC1.CC(C)C1CCCC1F.CC(C)C1CCCC1O.CC(C)C1CCCCC1.CC(C)C1CCCCC1F.CC(C)C1CCCCC1O.CC(C)C1CCCOC1. The average molecular weight is 1740 g/mol. The lowest BCUT2D eigenvalue weighted by Gasteiger charge is -2.64. The highest BCUT2D eigenvalue weighted by Gasteiger charge is 2.58. The van der Waals surface area contributed by atoms with Gasteiger partial charge in [-0.25, -0.2) is 13.2 Å². The number of rotatable bonds is 12. The molecule has 0 radical (unpaired) electrons. The van der Waals surface area contributed by atoms with Crippen molar-refractivity contribution in [2.45, 2.75) is 557 Å². The maximum atomic E-state index is 13.1. The molecule has 11 unspecified atom stereocenters. The Morgan fingerprint density at radius 3 is 0.828 bits per heavy atom. The average Bonchev–Trinajstić information content (AvgIpc) is 0.846. The highest BCUT2D eigenvalue weighted by molar-refractivity contribution is 5.08. The zero-order chi connectivity index (χ0) is 85.8. The van der Waals surface area contributed by atoms with E-state index in [-0.39, 0.29) is 69.8 Å². The monoisotopic (exact) mass is 1740 g/mol. The maximum Gasteiger partial charge on any atom is 0.103 e. The second-order valence-corrected chi connectivity index (χ2v) is 48.0. The van der Waals surface area contributed by atoms with Gasteiger partial charge in [0.1, 0.15) is 18.5 Å². The summed E-state index contributed by atoms with van der Waals surface area (Å²) in [5.41, 5.74) is 2.84. The normalized spacial score (nSPS) is 35.8. The summed E-state index contributed by atoms with van der Waals surface area (Å²) in [4.78, 5) is 0. The molecule has 0 aromatic heterocycles. The van der Waals surface area contributed by atoms with Crippen molar-refractivity contribution in [1.82, 2.24) is 0 Å². The molecule has 4 nitrogen and oxygen atoms in total. The van der Waals surface area contributed by atoms with Crippen molar-refractivity contribution in [1.29, 1.82) is 0 Å². The van der Waals surface area contributed by atoms with Gasteiger partial charge in [-0.2, -0.15) is 0 Å². The first-order chi connectivity index (χ1) is 54.0. The summed E-state index contributed by atoms with van der Waals surface area (Å²) in [5, 5.41) is 28.6. The minimum Gasteiger partial charge on any atom is -0.393 e. The molecule has 738 valence electrons. The van der Waals surface area contributed by atoms with Crippen molar-refractivity contribution < 1.29 is 33.2 Å². The van der Waals surface area contributed by atoms with Crippen molar-refractivity contribution in [2.24, 2.45) is 170 Å². The van der Waals surface area contributed by atoms with Crippen molar-refractivity contribution in [3.8, 4) is 0 Å². The number of fused-ring (bicyclic) bond motifs is 2. The van der Waals surface area contributed by atoms with E-state index in [4.69, 9.17) is 4.74 Å². The second-order valence-electron chi connectivity index (χ2n) is 48.0. The summed E-state index contributed by atoms with van der Waals surface area (Å²) < 4.78 is 43.8. The van der Waals surface area contributed by atoms with E-state index in [2.05, 4.69) is 173 Å². The zero-order valence-electron chi connectivity index (χ0n) is 81.9. The molecule has 122 heavy (non-hydrogen) atoms. The van der Waals surface area contributed by atoms with Crippen LogP contribution in [0, 0.1) is 170 Å². The van der Waals surface area contributed by atoms with Gasteiger partial charge >= 0.3 is 0 Å². The first kappa shape index (κ1) is 126. The van der Waals surface area contributed by atoms with Gasteiger partial charge < -0.3 is 20.1 Å². The Labute approximate surface area is 768 Å². The topological polar surface area (TPSA) is 69.9 Å². The van der Waals surface area contributed by atoms with Crippen LogP contribution in [0.1, 0.15) is 521 Å². The van der Waals surface area contributed by atoms with E-state index in [1.54, 1.807) is 57.8 Å². The molecule has 3 N–H and O–H groups in total. The first-order valence-electron chi connectivity index (χ1n) is 51.5. The summed E-state index contributed by atoms with van der Waals surface area (Å²) in [7, 11) is 0. The minimum absolute atomic E-state index is 0. The molecule has 1 saturated heterocycles. The van der Waals surface area contributed by atoms with Gasteiger partial charge in [0, 0.05) is 13.2 Å². The van der Waals surface area contributed by atoms with Gasteiger partial charge in [-0.05, 0) is 376 Å². The van der Waals surface area contributed by atoms with Crippen LogP contribution in [0.5, 0.6) is 0 Å². The van der Waals surface area contributed by atoms with E-state index in [0.717, 1.165) is 207 Å². The Bertz CT molecular complexity index is 2320. The third-order valence-corrected chi connectivity index (χ3v) is 35.3. The van der Waals surface area contributed by atoms with E-state index in [1.165, 1.54) is 148 Å². The quantitative estimate of drug-likeness (QED) is 0.182. The van der Waals surface area contributed by atoms with Crippen molar-refractivity contribution in [2.75, 3.05) is 13.2 Å². The highest BCUT2D eigenvalue weighted by atomic mass is 19.1. The largest absolute Gasteiger partial charge is 0.393 e. The summed E-state index contributed by atoms with van der Waals surface area (Å²) in [6.07, 6.45) is 57.6. The minimum atomic E-state index is -0.506. The molecule has 18 aliphatic rings. The predicted molar refractivity (Wildman–Crippen MR) is 542 cm³/mol. The van der Waals surface area contributed by atoms with Gasteiger partial charge in [0.25, 0.3) is 0 Å². The Morgan fingerprint density at radius 2 is 0.590 bits per heavy atom. The van der Waals surface area contributed by atoms with E-state index < -0.39 is 18.5 Å². The molecule has 0 spiro atoms. The second kappa shape index (κ2) is 61.4. The van der Waals surface area contributed by atoms with Crippen molar-refractivity contribution >= 4 is 0 Å². The zero-order valence-corrected chi connectivity index (χ0v) is 81.9. The van der Waals surface area contributed by atoms with Gasteiger partial charge in [0.15, 0.2) is 0 Å². The Balaban J connectivity index is -0.00000126. The van der Waals surface area contributed by atoms with Gasteiger partial charge in [-0.3, -0.25) is 0 Å². The molecule has 8 bridgehead atoms.